The Hall–Kier alpha value is -1.70. The second-order valence-corrected chi connectivity index (χ2v) is 3.64. The third kappa shape index (κ3) is 3.16. The number of nitriles is 1. The molecule has 0 bridgehead atoms. The molecule has 4 nitrogen and oxygen atoms in total. The average molecular weight is 219 g/mol. The molecule has 1 aromatic carbocycles. The first kappa shape index (κ1) is 12.4. The molecule has 1 N–H and O–H groups in total. The van der Waals surface area contributed by atoms with E-state index >= 15 is 0 Å². The van der Waals surface area contributed by atoms with E-state index in [9.17, 15) is 9.90 Å². The van der Waals surface area contributed by atoms with Gasteiger partial charge >= 0.3 is 0 Å². The van der Waals surface area contributed by atoms with Crippen molar-refractivity contribution in [2.45, 2.75) is 12.0 Å². The van der Waals surface area contributed by atoms with Crippen molar-refractivity contribution >= 4 is 6.29 Å². The molecule has 0 aliphatic rings. The van der Waals surface area contributed by atoms with Crippen molar-refractivity contribution in [2.24, 2.45) is 0 Å². The van der Waals surface area contributed by atoms with E-state index in [4.69, 9.17) is 10.00 Å². The van der Waals surface area contributed by atoms with E-state index in [-0.39, 0.29) is 13.0 Å². The summed E-state index contributed by atoms with van der Waals surface area (Å²) in [6, 6.07) is 8.78. The van der Waals surface area contributed by atoms with E-state index in [0.717, 1.165) is 5.56 Å². The van der Waals surface area contributed by atoms with Gasteiger partial charge in [0.05, 0.1) is 18.2 Å². The maximum atomic E-state index is 10.8. The molecular formula is C12H13NO3. The quantitative estimate of drug-likeness (QED) is 0.739. The fourth-order valence-corrected chi connectivity index (χ4v) is 1.48. The highest BCUT2D eigenvalue weighted by Gasteiger charge is 2.26. The van der Waals surface area contributed by atoms with Gasteiger partial charge in [0.25, 0.3) is 0 Å². The lowest BCUT2D eigenvalue weighted by Gasteiger charge is -2.20. The van der Waals surface area contributed by atoms with Crippen LogP contribution in [0.5, 0.6) is 0 Å². The average Bonchev–Trinajstić information content (AvgIpc) is 2.29. The largest absolute Gasteiger partial charge is 0.381 e. The number of rotatable bonds is 5. The van der Waals surface area contributed by atoms with Crippen LogP contribution in [0.15, 0.2) is 24.3 Å². The smallest absolute Gasteiger partial charge is 0.154 e. The molecule has 0 fully saturated rings. The molecule has 0 radical (unpaired) electrons. The minimum atomic E-state index is -1.52. The lowest BCUT2D eigenvalue weighted by molar-refractivity contribution is -0.129. The summed E-state index contributed by atoms with van der Waals surface area (Å²) in [5, 5.41) is 18.6. The first-order chi connectivity index (χ1) is 7.63. The summed E-state index contributed by atoms with van der Waals surface area (Å²) >= 11 is 0. The second kappa shape index (κ2) is 5.40. The molecule has 0 aliphatic heterocycles. The van der Waals surface area contributed by atoms with E-state index in [1.807, 2.05) is 6.07 Å². The van der Waals surface area contributed by atoms with Gasteiger partial charge < -0.3 is 14.6 Å². The summed E-state index contributed by atoms with van der Waals surface area (Å²) in [5.74, 6) is 0. The summed E-state index contributed by atoms with van der Waals surface area (Å²) in [6.07, 6.45) is 0.607. The lowest BCUT2D eigenvalue weighted by atomic mass is 9.96. The molecule has 1 rings (SSSR count). The fraction of sp³-hybridized carbons (Fsp3) is 0.333. The molecule has 0 heterocycles. The zero-order chi connectivity index (χ0) is 12.0. The Kier molecular flexibility index (Phi) is 4.18. The zero-order valence-electron chi connectivity index (χ0n) is 9.01. The first-order valence-electron chi connectivity index (χ1n) is 4.80. The highest BCUT2D eigenvalue weighted by molar-refractivity contribution is 5.63. The Labute approximate surface area is 94.1 Å². The molecule has 1 atom stereocenters. The third-order valence-electron chi connectivity index (χ3n) is 2.18. The van der Waals surface area contributed by atoms with E-state index in [1.165, 1.54) is 7.11 Å². The van der Waals surface area contributed by atoms with Gasteiger partial charge in [0, 0.05) is 13.5 Å². The minimum absolute atomic E-state index is 0.0622. The second-order valence-electron chi connectivity index (χ2n) is 3.64. The minimum Gasteiger partial charge on any atom is -0.381 e. The molecule has 1 unspecified atom stereocenters. The van der Waals surface area contributed by atoms with Crippen molar-refractivity contribution in [1.29, 1.82) is 5.26 Å². The standard InChI is InChI=1S/C12H13NO3/c1-16-9-12(15,8-14)6-10-3-2-4-11(5-10)7-13/h2-5,8,15H,6,9H2,1H3. The number of hydrogen-bond donors (Lipinski definition) is 1. The fourth-order valence-electron chi connectivity index (χ4n) is 1.48. The molecule has 0 saturated heterocycles. The Bertz CT molecular complexity index is 411. The molecule has 4 heteroatoms. The van der Waals surface area contributed by atoms with E-state index in [2.05, 4.69) is 0 Å². The van der Waals surface area contributed by atoms with Gasteiger partial charge in [-0.3, -0.25) is 0 Å². The Morgan fingerprint density at radius 2 is 2.38 bits per heavy atom. The first-order valence-corrected chi connectivity index (χ1v) is 4.80. The van der Waals surface area contributed by atoms with Crippen LogP contribution in [-0.2, 0) is 16.0 Å². The molecule has 84 valence electrons. The Morgan fingerprint density at radius 1 is 1.62 bits per heavy atom. The number of hydrogen-bond acceptors (Lipinski definition) is 4. The SMILES string of the molecule is COCC(O)(C=O)Cc1cccc(C#N)c1. The molecular weight excluding hydrogens is 206 g/mol. The molecule has 0 aromatic heterocycles. The van der Waals surface area contributed by atoms with Gasteiger partial charge in [-0.05, 0) is 17.7 Å². The summed E-state index contributed by atoms with van der Waals surface area (Å²) in [5.41, 5.74) is -0.295. The van der Waals surface area contributed by atoms with Gasteiger partial charge in [-0.15, -0.1) is 0 Å². The highest BCUT2D eigenvalue weighted by Crippen LogP contribution is 2.13. The van der Waals surface area contributed by atoms with Crippen LogP contribution in [0.1, 0.15) is 11.1 Å². The van der Waals surface area contributed by atoms with Gasteiger partial charge in [-0.1, -0.05) is 12.1 Å². The Balaban J connectivity index is 2.86. The van der Waals surface area contributed by atoms with Crippen molar-refractivity contribution in [3.8, 4) is 6.07 Å². The van der Waals surface area contributed by atoms with Gasteiger partial charge in [-0.25, -0.2) is 0 Å². The number of aldehydes is 1. The summed E-state index contributed by atoms with van der Waals surface area (Å²) < 4.78 is 4.78. The van der Waals surface area contributed by atoms with Crippen LogP contribution in [0.2, 0.25) is 0 Å². The lowest BCUT2D eigenvalue weighted by Crippen LogP contribution is -2.38. The number of carbonyl (C=O) groups excluding carboxylic acids is 1. The summed E-state index contributed by atoms with van der Waals surface area (Å²) in [4.78, 5) is 10.8. The van der Waals surface area contributed by atoms with Crippen LogP contribution in [0.3, 0.4) is 0 Å². The van der Waals surface area contributed by atoms with Gasteiger partial charge in [-0.2, -0.15) is 5.26 Å². The van der Waals surface area contributed by atoms with Crippen molar-refractivity contribution < 1.29 is 14.6 Å². The summed E-state index contributed by atoms with van der Waals surface area (Å²) in [6.45, 7) is -0.0622. The highest BCUT2D eigenvalue weighted by atomic mass is 16.5. The van der Waals surface area contributed by atoms with Gasteiger partial charge in [0.15, 0.2) is 6.29 Å². The molecule has 0 spiro atoms. The van der Waals surface area contributed by atoms with Crippen LogP contribution >= 0.6 is 0 Å². The number of nitrogens with zero attached hydrogens (tertiary/aromatic N) is 1. The van der Waals surface area contributed by atoms with Crippen LogP contribution in [-0.4, -0.2) is 30.7 Å². The van der Waals surface area contributed by atoms with Crippen LogP contribution in [0.4, 0.5) is 0 Å². The Morgan fingerprint density at radius 3 is 2.94 bits per heavy atom. The van der Waals surface area contributed by atoms with Gasteiger partial charge in [0.2, 0.25) is 0 Å². The monoisotopic (exact) mass is 219 g/mol. The number of carbonyl (C=O) groups is 1. The van der Waals surface area contributed by atoms with Crippen LogP contribution in [0.25, 0.3) is 0 Å². The normalized spacial score (nSPS) is 13.8. The topological polar surface area (TPSA) is 70.3 Å². The van der Waals surface area contributed by atoms with Gasteiger partial charge in [0.1, 0.15) is 5.60 Å². The van der Waals surface area contributed by atoms with E-state index in [1.54, 1.807) is 24.3 Å². The van der Waals surface area contributed by atoms with Crippen molar-refractivity contribution in [3.05, 3.63) is 35.4 Å². The van der Waals surface area contributed by atoms with Crippen molar-refractivity contribution in [1.82, 2.24) is 0 Å². The number of aliphatic hydroxyl groups is 1. The number of methoxy groups -OCH3 is 1. The van der Waals surface area contributed by atoms with E-state index in [0.29, 0.717) is 11.8 Å². The molecule has 1 aromatic rings. The predicted octanol–water partition coefficient (Wildman–Crippen LogP) is 0.677. The van der Waals surface area contributed by atoms with Crippen LogP contribution in [0, 0.1) is 11.3 Å². The predicted molar refractivity (Wildman–Crippen MR) is 57.8 cm³/mol. The molecule has 0 aliphatic carbocycles. The molecule has 0 amide bonds. The zero-order valence-corrected chi connectivity index (χ0v) is 9.01. The van der Waals surface area contributed by atoms with Crippen molar-refractivity contribution in [3.63, 3.8) is 0 Å². The van der Waals surface area contributed by atoms with Crippen molar-refractivity contribution in [2.75, 3.05) is 13.7 Å². The molecule has 16 heavy (non-hydrogen) atoms. The number of benzene rings is 1. The summed E-state index contributed by atoms with van der Waals surface area (Å²) in [7, 11) is 1.42. The number of ether oxygens (including phenoxy) is 1. The van der Waals surface area contributed by atoms with Crippen LogP contribution < -0.4 is 0 Å². The maximum Gasteiger partial charge on any atom is 0.154 e. The van der Waals surface area contributed by atoms with E-state index < -0.39 is 5.60 Å². The third-order valence-corrected chi connectivity index (χ3v) is 2.18. The maximum absolute atomic E-state index is 10.8. The molecule has 0 saturated carbocycles.